The summed E-state index contributed by atoms with van der Waals surface area (Å²) >= 11 is 3.11. The molecule has 0 aliphatic carbocycles. The van der Waals surface area contributed by atoms with E-state index < -0.39 is 0 Å². The monoisotopic (exact) mass is 282 g/mol. The molecule has 0 aliphatic heterocycles. The zero-order valence-corrected chi connectivity index (χ0v) is 10.3. The van der Waals surface area contributed by atoms with Crippen molar-refractivity contribution in [2.24, 2.45) is 0 Å². The molecule has 0 amide bonds. The van der Waals surface area contributed by atoms with Crippen LogP contribution in [0.5, 0.6) is 0 Å². The fraction of sp³-hybridized carbons (Fsp3) is 0.750. The molecule has 0 aromatic carbocycles. The first-order valence-corrected chi connectivity index (χ1v) is 7.25. The zero-order chi connectivity index (χ0) is 6.12. The number of unbranched alkanes of at least 4 members (excludes halogenated alkanes) is 1. The summed E-state index contributed by atoms with van der Waals surface area (Å²) in [6.07, 6.45) is 2.53. The van der Waals surface area contributed by atoms with Gasteiger partial charge in [0, 0.05) is 0 Å². The summed E-state index contributed by atoms with van der Waals surface area (Å²) in [6, 6.07) is 0. The van der Waals surface area contributed by atoms with Crippen molar-refractivity contribution in [3.63, 3.8) is 0 Å². The number of hydrogen-bond donors (Lipinski definition) is 0. The Morgan fingerprint density at radius 1 is 1.71 bits per heavy atom. The summed E-state index contributed by atoms with van der Waals surface area (Å²) in [4.78, 5) is 0. The summed E-state index contributed by atoms with van der Waals surface area (Å²) in [5.41, 5.74) is 0. The Labute approximate surface area is 73.3 Å². The third-order valence-electron chi connectivity index (χ3n) is 0.398. The van der Waals surface area contributed by atoms with Crippen LogP contribution in [0.1, 0.15) is 19.8 Å². The van der Waals surface area contributed by atoms with Crippen LogP contribution in [0.3, 0.4) is 0 Å². The van der Waals surface area contributed by atoms with Gasteiger partial charge in [-0.15, -0.1) is 0 Å². The fourth-order valence-corrected chi connectivity index (χ4v) is 0.732. The fourth-order valence-electron chi connectivity index (χ4n) is 0.109. The maximum atomic E-state index is 4.76. The molecule has 0 fully saturated rings. The van der Waals surface area contributed by atoms with Crippen LogP contribution in [-0.2, 0) is 17.3 Å². The first-order valence-electron chi connectivity index (χ1n) is 2.10. The standard InChI is InChI=1S/C4H8I.ClH.Zn/c1-2-3-4-5;;/h4H,2-3H2,1H3;1H;/q-1;;+2/p-1. The molecule has 0 rings (SSSR count). The van der Waals surface area contributed by atoms with E-state index in [0.29, 0.717) is 0 Å². The molecule has 0 aromatic heterocycles. The molecule has 0 N–H and O–H groups in total. The predicted molar refractivity (Wildman–Crippen MR) is 39.1 cm³/mol. The second-order valence-corrected chi connectivity index (χ2v) is 1.82. The van der Waals surface area contributed by atoms with Gasteiger partial charge in [-0.05, 0) is 0 Å². The van der Waals surface area contributed by atoms with E-state index in [1.807, 2.05) is 0 Å². The van der Waals surface area contributed by atoms with Crippen molar-refractivity contribution in [1.29, 1.82) is 0 Å². The van der Waals surface area contributed by atoms with Crippen molar-refractivity contribution in [1.82, 2.24) is 0 Å². The molecule has 0 saturated carbocycles. The van der Waals surface area contributed by atoms with Gasteiger partial charge in [0.15, 0.2) is 0 Å². The van der Waals surface area contributed by atoms with Gasteiger partial charge < -0.3 is 22.6 Å². The topological polar surface area (TPSA) is 0 Å². The van der Waals surface area contributed by atoms with Crippen LogP contribution in [0.2, 0.25) is 0 Å². The van der Waals surface area contributed by atoms with E-state index >= 15 is 0 Å². The Bertz CT molecular complexity index is 19.2. The molecule has 0 aromatic rings. The van der Waals surface area contributed by atoms with E-state index in [2.05, 4.69) is 33.9 Å². The first-order chi connectivity index (χ1) is 3.41. The van der Waals surface area contributed by atoms with Crippen LogP contribution in [0, 0.1) is 4.43 Å². The Morgan fingerprint density at radius 3 is 2.14 bits per heavy atom. The number of hydrogen-bond acceptors (Lipinski definition) is 0. The number of halogens is 2. The Hall–Kier alpha value is 1.64. The van der Waals surface area contributed by atoms with E-state index in [-0.39, 0.29) is 0 Å². The van der Waals surface area contributed by atoms with E-state index in [0.717, 1.165) is 17.3 Å². The van der Waals surface area contributed by atoms with E-state index in [1.165, 1.54) is 12.8 Å². The average Bonchev–Trinajstić information content (AvgIpc) is 1.75. The predicted octanol–water partition coefficient (Wildman–Crippen LogP) is 3.07. The van der Waals surface area contributed by atoms with Crippen molar-refractivity contribution in [2.75, 3.05) is 0 Å². The van der Waals surface area contributed by atoms with Crippen molar-refractivity contribution < 1.29 is 17.3 Å². The zero-order valence-electron chi connectivity index (χ0n) is 4.45. The van der Waals surface area contributed by atoms with E-state index in [4.69, 9.17) is 9.69 Å². The molecule has 40 valence electrons. The summed E-state index contributed by atoms with van der Waals surface area (Å²) in [5.74, 6) is 0. The Morgan fingerprint density at radius 2 is 2.14 bits per heavy atom. The summed E-state index contributed by atoms with van der Waals surface area (Å²) in [6.45, 7) is 2.18. The molecular formula is C4H8ClIZn. The summed E-state index contributed by atoms with van der Waals surface area (Å²) in [7, 11) is 4.76. The third kappa shape index (κ3) is 18.3. The second-order valence-electron chi connectivity index (χ2n) is 0.943. The van der Waals surface area contributed by atoms with Crippen molar-refractivity contribution in [3.8, 4) is 0 Å². The SMILES string of the molecule is CCC[CH-]I.[Cl][Zn+]. The van der Waals surface area contributed by atoms with Crippen LogP contribution in [0.25, 0.3) is 0 Å². The molecule has 0 spiro atoms. The molecule has 0 unspecified atom stereocenters. The van der Waals surface area contributed by atoms with Crippen molar-refractivity contribution in [2.45, 2.75) is 19.8 Å². The molecule has 0 heterocycles. The van der Waals surface area contributed by atoms with Crippen molar-refractivity contribution >= 4 is 32.3 Å². The molecule has 0 atom stereocenters. The van der Waals surface area contributed by atoms with Gasteiger partial charge in [-0.1, -0.05) is 13.3 Å². The van der Waals surface area contributed by atoms with E-state index in [1.54, 1.807) is 0 Å². The van der Waals surface area contributed by atoms with Crippen LogP contribution < -0.4 is 0 Å². The van der Waals surface area contributed by atoms with Gasteiger partial charge in [0.05, 0.1) is 0 Å². The van der Waals surface area contributed by atoms with E-state index in [9.17, 15) is 0 Å². The van der Waals surface area contributed by atoms with Crippen LogP contribution in [0.15, 0.2) is 0 Å². The number of rotatable bonds is 2. The molecule has 0 nitrogen and oxygen atoms in total. The van der Waals surface area contributed by atoms with Crippen molar-refractivity contribution in [3.05, 3.63) is 4.43 Å². The summed E-state index contributed by atoms with van der Waals surface area (Å²) in [5, 5.41) is 0. The van der Waals surface area contributed by atoms with Gasteiger partial charge in [-0.2, -0.15) is 6.42 Å². The van der Waals surface area contributed by atoms with Crippen LogP contribution in [-0.4, -0.2) is 0 Å². The Balaban J connectivity index is 0. The van der Waals surface area contributed by atoms with Gasteiger partial charge in [-0.3, -0.25) is 4.43 Å². The Kier molecular flexibility index (Phi) is 25.6. The molecule has 0 bridgehead atoms. The minimum absolute atomic E-state index is 0.847. The van der Waals surface area contributed by atoms with Crippen LogP contribution >= 0.6 is 32.3 Å². The second kappa shape index (κ2) is 15.6. The van der Waals surface area contributed by atoms with Gasteiger partial charge in [-0.25, -0.2) is 0 Å². The molecular weight excluding hydrogens is 276 g/mol. The average molecular weight is 284 g/mol. The van der Waals surface area contributed by atoms with Gasteiger partial charge in [0.1, 0.15) is 0 Å². The molecule has 7 heavy (non-hydrogen) atoms. The molecule has 0 aliphatic rings. The molecule has 0 saturated heterocycles. The molecule has 0 radical (unpaired) electrons. The maximum absolute atomic E-state index is 4.76. The minimum atomic E-state index is 0.847. The third-order valence-corrected chi connectivity index (χ3v) is 1.02. The van der Waals surface area contributed by atoms with Gasteiger partial charge >= 0.3 is 27.0 Å². The van der Waals surface area contributed by atoms with Gasteiger partial charge in [0.2, 0.25) is 0 Å². The van der Waals surface area contributed by atoms with Gasteiger partial charge in [0.25, 0.3) is 0 Å². The quantitative estimate of drug-likeness (QED) is 0.415. The first kappa shape index (κ1) is 11.4. The summed E-state index contributed by atoms with van der Waals surface area (Å²) < 4.78 is 2.15. The van der Waals surface area contributed by atoms with Crippen LogP contribution in [0.4, 0.5) is 0 Å². The normalized spacial score (nSPS) is 7.00. The molecule has 3 heteroatoms.